The summed E-state index contributed by atoms with van der Waals surface area (Å²) >= 11 is 0. The molecule has 0 saturated carbocycles. The minimum absolute atomic E-state index is 0.0229. The molecule has 0 fully saturated rings. The maximum atomic E-state index is 12.2. The minimum atomic E-state index is -0.583. The molecule has 1 aromatic carbocycles. The quantitative estimate of drug-likeness (QED) is 0.772. The lowest BCUT2D eigenvalue weighted by Crippen LogP contribution is -2.21. The van der Waals surface area contributed by atoms with Gasteiger partial charge in [0.25, 0.3) is 0 Å². The third-order valence-corrected chi connectivity index (χ3v) is 3.06. The van der Waals surface area contributed by atoms with Crippen LogP contribution in [0, 0.1) is 6.92 Å². The highest BCUT2D eigenvalue weighted by Crippen LogP contribution is 2.23. The summed E-state index contributed by atoms with van der Waals surface area (Å²) in [5.74, 6) is -0.0229. The summed E-state index contributed by atoms with van der Waals surface area (Å²) < 4.78 is 0. The number of carbonyl (C=O) groups is 1. The summed E-state index contributed by atoms with van der Waals surface area (Å²) in [5.41, 5.74) is 2.24. The van der Waals surface area contributed by atoms with E-state index < -0.39 is 6.10 Å². The van der Waals surface area contributed by atoms with Gasteiger partial charge in [0.2, 0.25) is 0 Å². The summed E-state index contributed by atoms with van der Waals surface area (Å²) in [5, 5.41) is 9.80. The Kier molecular flexibility index (Phi) is 3.20. The second kappa shape index (κ2) is 4.62. The lowest BCUT2D eigenvalue weighted by Gasteiger charge is -2.18. The molecule has 2 rings (SSSR count). The molecule has 1 aliphatic carbocycles. The molecule has 0 aromatic heterocycles. The Balaban J connectivity index is 2.32. The average molecular weight is 216 g/mol. The average Bonchev–Trinajstić information content (AvgIpc) is 2.29. The second-order valence-electron chi connectivity index (χ2n) is 4.25. The van der Waals surface area contributed by atoms with Gasteiger partial charge in [0.1, 0.15) is 0 Å². The number of aliphatic hydroxyl groups is 1. The van der Waals surface area contributed by atoms with Crippen LogP contribution in [0.15, 0.2) is 35.9 Å². The number of ketones is 1. The lowest BCUT2D eigenvalue weighted by molar-refractivity contribution is 0.0974. The Labute approximate surface area is 95.6 Å². The van der Waals surface area contributed by atoms with Gasteiger partial charge in [-0.15, -0.1) is 0 Å². The van der Waals surface area contributed by atoms with Crippen LogP contribution in [0.3, 0.4) is 0 Å². The Morgan fingerprint density at radius 3 is 2.81 bits per heavy atom. The van der Waals surface area contributed by atoms with Gasteiger partial charge in [-0.3, -0.25) is 4.79 Å². The molecule has 0 heterocycles. The molecule has 16 heavy (non-hydrogen) atoms. The van der Waals surface area contributed by atoms with Crippen molar-refractivity contribution in [3.8, 4) is 0 Å². The van der Waals surface area contributed by atoms with Crippen molar-refractivity contribution in [2.45, 2.75) is 32.3 Å². The number of aryl methyl sites for hydroxylation is 1. The normalized spacial score (nSPS) is 20.4. The molecule has 2 nitrogen and oxygen atoms in total. The van der Waals surface area contributed by atoms with Crippen LogP contribution in [0.4, 0.5) is 0 Å². The summed E-state index contributed by atoms with van der Waals surface area (Å²) in [4.78, 5) is 12.2. The molecule has 1 atom stereocenters. The molecule has 0 unspecified atom stereocenters. The third-order valence-electron chi connectivity index (χ3n) is 3.06. The van der Waals surface area contributed by atoms with Gasteiger partial charge in [0, 0.05) is 11.1 Å². The van der Waals surface area contributed by atoms with Crippen LogP contribution < -0.4 is 0 Å². The van der Waals surface area contributed by atoms with E-state index in [-0.39, 0.29) is 5.78 Å². The van der Waals surface area contributed by atoms with E-state index in [0.717, 1.165) is 18.4 Å². The van der Waals surface area contributed by atoms with Gasteiger partial charge in [-0.2, -0.15) is 0 Å². The van der Waals surface area contributed by atoms with Crippen LogP contribution in [0.5, 0.6) is 0 Å². The van der Waals surface area contributed by atoms with Crippen LogP contribution in [0.2, 0.25) is 0 Å². The van der Waals surface area contributed by atoms with Gasteiger partial charge < -0.3 is 5.11 Å². The Morgan fingerprint density at radius 2 is 2.12 bits per heavy atom. The Bertz CT molecular complexity index is 432. The number of carbonyl (C=O) groups excluding carboxylic acids is 1. The fourth-order valence-electron chi connectivity index (χ4n) is 2.09. The number of Topliss-reactive ketones (excluding diaryl/α,β-unsaturated/α-hetero) is 1. The zero-order valence-electron chi connectivity index (χ0n) is 9.44. The van der Waals surface area contributed by atoms with E-state index in [2.05, 4.69) is 0 Å². The van der Waals surface area contributed by atoms with E-state index in [1.54, 1.807) is 0 Å². The maximum absolute atomic E-state index is 12.2. The van der Waals surface area contributed by atoms with Crippen molar-refractivity contribution in [3.63, 3.8) is 0 Å². The van der Waals surface area contributed by atoms with Crippen molar-refractivity contribution in [2.75, 3.05) is 0 Å². The smallest absolute Gasteiger partial charge is 0.191 e. The van der Waals surface area contributed by atoms with E-state index in [4.69, 9.17) is 0 Å². The van der Waals surface area contributed by atoms with Gasteiger partial charge in [0.15, 0.2) is 5.78 Å². The number of rotatable bonds is 2. The van der Waals surface area contributed by atoms with Gasteiger partial charge >= 0.3 is 0 Å². The summed E-state index contributed by atoms with van der Waals surface area (Å²) in [7, 11) is 0. The largest absolute Gasteiger partial charge is 0.388 e. The molecular formula is C14H16O2. The highest BCUT2D eigenvalue weighted by atomic mass is 16.3. The molecular weight excluding hydrogens is 200 g/mol. The zero-order chi connectivity index (χ0) is 11.5. The van der Waals surface area contributed by atoms with Crippen LogP contribution in [0.1, 0.15) is 35.2 Å². The summed E-state index contributed by atoms with van der Waals surface area (Å²) in [6.07, 6.45) is 3.85. The first-order chi connectivity index (χ1) is 7.70. The van der Waals surface area contributed by atoms with Crippen molar-refractivity contribution < 1.29 is 9.90 Å². The molecule has 0 aliphatic heterocycles. The van der Waals surface area contributed by atoms with Crippen molar-refractivity contribution in [1.29, 1.82) is 0 Å². The first-order valence-corrected chi connectivity index (χ1v) is 5.68. The Hall–Kier alpha value is -1.41. The number of allylic oxidation sites excluding steroid dienone is 1. The standard InChI is InChI=1S/C14H16O2/c1-10-6-2-3-7-11(10)14(16)12-8-4-5-9-13(12)15/h2-3,6-8,13,15H,4-5,9H2,1H3/t13-/m1/s1. The van der Waals surface area contributed by atoms with E-state index >= 15 is 0 Å². The molecule has 1 aliphatic rings. The number of hydrogen-bond donors (Lipinski definition) is 1. The first-order valence-electron chi connectivity index (χ1n) is 5.68. The molecule has 0 bridgehead atoms. The van der Waals surface area contributed by atoms with Crippen molar-refractivity contribution >= 4 is 5.78 Å². The predicted octanol–water partition coefficient (Wildman–Crippen LogP) is 2.65. The van der Waals surface area contributed by atoms with E-state index in [0.29, 0.717) is 17.6 Å². The number of aliphatic hydroxyl groups excluding tert-OH is 1. The van der Waals surface area contributed by atoms with Crippen molar-refractivity contribution in [3.05, 3.63) is 47.0 Å². The van der Waals surface area contributed by atoms with Crippen LogP contribution in [-0.2, 0) is 0 Å². The highest BCUT2D eigenvalue weighted by Gasteiger charge is 2.22. The Morgan fingerprint density at radius 1 is 1.38 bits per heavy atom. The fourth-order valence-corrected chi connectivity index (χ4v) is 2.09. The summed E-state index contributed by atoms with van der Waals surface area (Å²) in [6.45, 7) is 1.92. The van der Waals surface area contributed by atoms with Gasteiger partial charge in [-0.05, 0) is 31.7 Å². The topological polar surface area (TPSA) is 37.3 Å². The van der Waals surface area contributed by atoms with Gasteiger partial charge in [-0.25, -0.2) is 0 Å². The summed E-state index contributed by atoms with van der Waals surface area (Å²) in [6, 6.07) is 7.51. The zero-order valence-corrected chi connectivity index (χ0v) is 9.44. The highest BCUT2D eigenvalue weighted by molar-refractivity contribution is 6.10. The van der Waals surface area contributed by atoms with E-state index in [1.165, 1.54) is 0 Å². The monoisotopic (exact) mass is 216 g/mol. The first kappa shape index (κ1) is 11.1. The van der Waals surface area contributed by atoms with Crippen LogP contribution >= 0.6 is 0 Å². The van der Waals surface area contributed by atoms with E-state index in [1.807, 2.05) is 37.3 Å². The molecule has 84 valence electrons. The number of hydrogen-bond acceptors (Lipinski definition) is 2. The van der Waals surface area contributed by atoms with Gasteiger partial charge in [0.05, 0.1) is 6.10 Å². The van der Waals surface area contributed by atoms with Crippen molar-refractivity contribution in [1.82, 2.24) is 0 Å². The second-order valence-corrected chi connectivity index (χ2v) is 4.25. The van der Waals surface area contributed by atoms with E-state index in [9.17, 15) is 9.90 Å². The molecule has 0 spiro atoms. The lowest BCUT2D eigenvalue weighted by atomic mass is 9.89. The predicted molar refractivity (Wildman–Crippen MR) is 63.5 cm³/mol. The fraction of sp³-hybridized carbons (Fsp3) is 0.357. The maximum Gasteiger partial charge on any atom is 0.191 e. The van der Waals surface area contributed by atoms with Gasteiger partial charge in [-0.1, -0.05) is 30.3 Å². The van der Waals surface area contributed by atoms with Crippen LogP contribution in [-0.4, -0.2) is 17.0 Å². The number of benzene rings is 1. The molecule has 1 aromatic rings. The van der Waals surface area contributed by atoms with Crippen molar-refractivity contribution in [2.24, 2.45) is 0 Å². The SMILES string of the molecule is Cc1ccccc1C(=O)C1=CCCC[C@H]1O. The molecule has 2 heteroatoms. The molecule has 1 N–H and O–H groups in total. The van der Waals surface area contributed by atoms with Crippen LogP contribution in [0.25, 0.3) is 0 Å². The molecule has 0 radical (unpaired) electrons. The molecule has 0 amide bonds. The third kappa shape index (κ3) is 2.07. The minimum Gasteiger partial charge on any atom is -0.388 e. The molecule has 0 saturated heterocycles.